The van der Waals surface area contributed by atoms with E-state index in [1.54, 1.807) is 0 Å². The molecule has 12 nitrogen and oxygen atoms in total. The third kappa shape index (κ3) is 7.23. The zero-order valence-electron chi connectivity index (χ0n) is 17.2. The minimum atomic E-state index is -4.76. The smallest absolute Gasteiger partial charge is 0.390 e. The van der Waals surface area contributed by atoms with Crippen molar-refractivity contribution in [3.05, 3.63) is 68.5 Å². The molecule has 1 amide bonds. The SMILES string of the molecule is O=C(Cc1ccccc1)NCC#Cc1cn([C@H]2C[C@H](O)[C@@H](COP(=O)(O)O)O2)c(=O)[nH]c1=O. The summed E-state index contributed by atoms with van der Waals surface area (Å²) in [7, 11) is -4.76. The van der Waals surface area contributed by atoms with Gasteiger partial charge in [0, 0.05) is 12.6 Å². The Hall–Kier alpha value is -3.04. The van der Waals surface area contributed by atoms with Crippen molar-refractivity contribution in [2.75, 3.05) is 13.2 Å². The summed E-state index contributed by atoms with van der Waals surface area (Å²) in [5.74, 6) is 4.97. The van der Waals surface area contributed by atoms with E-state index >= 15 is 0 Å². The molecule has 1 aliphatic rings. The first kappa shape index (κ1) is 24.6. The number of aromatic amines is 1. The van der Waals surface area contributed by atoms with E-state index in [9.17, 15) is 24.1 Å². The number of ether oxygens (including phenoxy) is 1. The molecule has 1 aromatic heterocycles. The van der Waals surface area contributed by atoms with Gasteiger partial charge < -0.3 is 24.9 Å². The Kier molecular flexibility index (Phi) is 7.99. The number of aromatic nitrogens is 2. The third-order valence-corrected chi connectivity index (χ3v) is 5.18. The lowest BCUT2D eigenvalue weighted by atomic mass is 10.1. The molecule has 1 fully saturated rings. The molecule has 0 unspecified atom stereocenters. The normalized spacial score (nSPS) is 20.2. The summed E-state index contributed by atoms with van der Waals surface area (Å²) >= 11 is 0. The topological polar surface area (TPSA) is 180 Å². The van der Waals surface area contributed by atoms with Crippen LogP contribution in [-0.4, -0.2) is 55.7 Å². The van der Waals surface area contributed by atoms with E-state index in [1.165, 1.54) is 0 Å². The van der Waals surface area contributed by atoms with Crippen LogP contribution < -0.4 is 16.6 Å². The van der Waals surface area contributed by atoms with Gasteiger partial charge in [-0.1, -0.05) is 42.2 Å². The van der Waals surface area contributed by atoms with E-state index in [1.807, 2.05) is 30.3 Å². The van der Waals surface area contributed by atoms with Crippen molar-refractivity contribution in [3.63, 3.8) is 0 Å². The van der Waals surface area contributed by atoms with Gasteiger partial charge in [-0.05, 0) is 5.56 Å². The molecule has 0 bridgehead atoms. The Bertz CT molecular complexity index is 1210. The van der Waals surface area contributed by atoms with Gasteiger partial charge in [0.2, 0.25) is 5.91 Å². The van der Waals surface area contributed by atoms with Crippen LogP contribution in [-0.2, 0) is 25.0 Å². The highest BCUT2D eigenvalue weighted by molar-refractivity contribution is 7.46. The van der Waals surface area contributed by atoms with Crippen molar-refractivity contribution in [2.24, 2.45) is 0 Å². The number of nitrogens with zero attached hydrogens (tertiary/aromatic N) is 1. The average molecular weight is 479 g/mol. The van der Waals surface area contributed by atoms with Crippen molar-refractivity contribution in [1.29, 1.82) is 0 Å². The molecule has 2 heterocycles. The highest BCUT2D eigenvalue weighted by Crippen LogP contribution is 2.38. The van der Waals surface area contributed by atoms with E-state index in [2.05, 4.69) is 26.7 Å². The van der Waals surface area contributed by atoms with Crippen LogP contribution in [0.3, 0.4) is 0 Å². The molecule has 1 saturated heterocycles. The predicted molar refractivity (Wildman–Crippen MR) is 114 cm³/mol. The second kappa shape index (κ2) is 10.7. The Morgan fingerprint density at radius 2 is 2.03 bits per heavy atom. The van der Waals surface area contributed by atoms with E-state index in [4.69, 9.17) is 14.5 Å². The average Bonchev–Trinajstić information content (AvgIpc) is 3.11. The molecule has 0 spiro atoms. The van der Waals surface area contributed by atoms with Gasteiger partial charge in [-0.3, -0.25) is 23.7 Å². The quantitative estimate of drug-likeness (QED) is 0.246. The van der Waals surface area contributed by atoms with Gasteiger partial charge in [-0.15, -0.1) is 0 Å². The standard InChI is InChI=1S/C20H22N3O9P/c24-15-10-18(32-16(15)12-31-33(28,29)30)23-11-14(19(26)22-20(23)27)7-4-8-21-17(25)9-13-5-2-1-3-6-13/h1-3,5-6,11,15-16,18,24H,8-10,12H2,(H,21,25)(H,22,26,27)(H2,28,29,30)/t15-,16+,18+/m0/s1. The number of benzene rings is 1. The molecule has 1 aromatic carbocycles. The largest absolute Gasteiger partial charge is 0.469 e. The van der Waals surface area contributed by atoms with Crippen molar-refractivity contribution >= 4 is 13.7 Å². The molecule has 2 aromatic rings. The number of amides is 1. The summed E-state index contributed by atoms with van der Waals surface area (Å²) in [6.45, 7) is -0.611. The fourth-order valence-electron chi connectivity index (χ4n) is 3.12. The lowest BCUT2D eigenvalue weighted by Crippen LogP contribution is -2.34. The second-order valence-electron chi connectivity index (χ2n) is 7.17. The first-order chi connectivity index (χ1) is 15.6. The predicted octanol–water partition coefficient (Wildman–Crippen LogP) is -0.995. The number of phosphoric ester groups is 1. The first-order valence-corrected chi connectivity index (χ1v) is 11.3. The molecular weight excluding hydrogens is 457 g/mol. The van der Waals surface area contributed by atoms with Crippen LogP contribution in [0.25, 0.3) is 0 Å². The molecule has 3 rings (SSSR count). The van der Waals surface area contributed by atoms with E-state index in [-0.39, 0.29) is 30.9 Å². The number of aliphatic hydroxyl groups excluding tert-OH is 1. The highest BCUT2D eigenvalue weighted by Gasteiger charge is 2.37. The summed E-state index contributed by atoms with van der Waals surface area (Å²) in [4.78, 5) is 55.9. The lowest BCUT2D eigenvalue weighted by Gasteiger charge is -2.16. The van der Waals surface area contributed by atoms with Crippen molar-refractivity contribution in [2.45, 2.75) is 31.3 Å². The van der Waals surface area contributed by atoms with Crippen LogP contribution in [0.2, 0.25) is 0 Å². The monoisotopic (exact) mass is 479 g/mol. The fraction of sp³-hybridized carbons (Fsp3) is 0.350. The summed E-state index contributed by atoms with van der Waals surface area (Å²) in [5.41, 5.74) is -0.774. The number of nitrogens with one attached hydrogen (secondary N) is 2. The minimum Gasteiger partial charge on any atom is -0.390 e. The summed E-state index contributed by atoms with van der Waals surface area (Å²) in [6, 6.07) is 9.13. The number of aliphatic hydroxyl groups is 1. The van der Waals surface area contributed by atoms with Gasteiger partial charge in [0.15, 0.2) is 0 Å². The van der Waals surface area contributed by atoms with Gasteiger partial charge in [-0.25, -0.2) is 9.36 Å². The molecule has 3 atom stereocenters. The summed E-state index contributed by atoms with van der Waals surface area (Å²) in [6.07, 6.45) is -2.00. The van der Waals surface area contributed by atoms with Crippen molar-refractivity contribution in [1.82, 2.24) is 14.9 Å². The number of phosphoric acid groups is 1. The molecule has 176 valence electrons. The Labute approximate surface area is 187 Å². The zero-order chi connectivity index (χ0) is 24.0. The number of carbonyl (C=O) groups is 1. The molecule has 0 saturated carbocycles. The van der Waals surface area contributed by atoms with Gasteiger partial charge in [-0.2, -0.15) is 0 Å². The molecule has 1 aliphatic heterocycles. The maximum Gasteiger partial charge on any atom is 0.469 e. The minimum absolute atomic E-state index is 0.0232. The van der Waals surface area contributed by atoms with Crippen LogP contribution in [0.1, 0.15) is 23.8 Å². The van der Waals surface area contributed by atoms with Crippen molar-refractivity contribution in [3.8, 4) is 11.8 Å². The molecule has 0 aliphatic carbocycles. The van der Waals surface area contributed by atoms with E-state index < -0.39 is 44.1 Å². The van der Waals surface area contributed by atoms with E-state index in [0.29, 0.717) is 0 Å². The number of H-pyrrole nitrogens is 1. The van der Waals surface area contributed by atoms with Crippen LogP contribution >= 0.6 is 7.82 Å². The number of hydrogen-bond donors (Lipinski definition) is 5. The van der Waals surface area contributed by atoms with Crippen LogP contribution in [0.5, 0.6) is 0 Å². The maximum atomic E-state index is 12.2. The van der Waals surface area contributed by atoms with E-state index in [0.717, 1.165) is 16.3 Å². The van der Waals surface area contributed by atoms with Crippen LogP contribution in [0.4, 0.5) is 0 Å². The summed E-state index contributed by atoms with van der Waals surface area (Å²) in [5, 5.41) is 12.7. The third-order valence-electron chi connectivity index (χ3n) is 4.69. The van der Waals surface area contributed by atoms with Gasteiger partial charge >= 0.3 is 13.5 Å². The second-order valence-corrected chi connectivity index (χ2v) is 8.41. The molecule has 33 heavy (non-hydrogen) atoms. The fourth-order valence-corrected chi connectivity index (χ4v) is 3.46. The van der Waals surface area contributed by atoms with Crippen molar-refractivity contribution < 1.29 is 33.5 Å². The Morgan fingerprint density at radius 1 is 1.30 bits per heavy atom. The van der Waals surface area contributed by atoms with Crippen LogP contribution in [0, 0.1) is 11.8 Å². The Balaban J connectivity index is 1.64. The van der Waals surface area contributed by atoms with Gasteiger partial charge in [0.1, 0.15) is 17.9 Å². The van der Waals surface area contributed by atoms with Gasteiger partial charge in [0.25, 0.3) is 5.56 Å². The maximum absolute atomic E-state index is 12.2. The summed E-state index contributed by atoms with van der Waals surface area (Å²) < 4.78 is 21.7. The van der Waals surface area contributed by atoms with Crippen LogP contribution in [0.15, 0.2) is 46.1 Å². The first-order valence-electron chi connectivity index (χ1n) is 9.81. The number of hydrogen-bond acceptors (Lipinski definition) is 7. The zero-order valence-corrected chi connectivity index (χ0v) is 18.1. The Morgan fingerprint density at radius 3 is 2.73 bits per heavy atom. The highest BCUT2D eigenvalue weighted by atomic mass is 31.2. The van der Waals surface area contributed by atoms with Gasteiger partial charge in [0.05, 0.1) is 25.7 Å². The number of rotatable bonds is 7. The molecule has 5 N–H and O–H groups in total. The number of carbonyl (C=O) groups excluding carboxylic acids is 1. The lowest BCUT2D eigenvalue weighted by molar-refractivity contribution is -0.120. The molecular formula is C20H22N3O9P. The molecule has 13 heteroatoms. The molecule has 0 radical (unpaired) electrons.